The van der Waals surface area contributed by atoms with Gasteiger partial charge in [-0.15, -0.1) is 0 Å². The largest absolute Gasteiger partial charge is 0.384 e. The minimum Gasteiger partial charge on any atom is -0.384 e. The zero-order chi connectivity index (χ0) is 13.8. The van der Waals surface area contributed by atoms with E-state index in [4.69, 9.17) is 0 Å². The van der Waals surface area contributed by atoms with E-state index in [0.29, 0.717) is 4.90 Å². The van der Waals surface area contributed by atoms with Crippen LogP contribution in [0.4, 0.5) is 5.69 Å². The zero-order valence-corrected chi connectivity index (χ0v) is 12.3. The lowest BCUT2D eigenvalue weighted by Gasteiger charge is -2.12. The molecule has 0 heterocycles. The SMILES string of the molecule is CC(C)S(=O)(=O)c1ccc(NCCN(C)C)cc1. The number of sulfone groups is 1. The molecule has 0 aromatic heterocycles. The molecule has 1 aromatic carbocycles. The number of hydrogen-bond acceptors (Lipinski definition) is 4. The highest BCUT2D eigenvalue weighted by Crippen LogP contribution is 2.18. The van der Waals surface area contributed by atoms with Crippen LogP contribution in [0.15, 0.2) is 29.2 Å². The molecular formula is C13H22N2O2S. The molecule has 0 radical (unpaired) electrons. The molecule has 0 saturated heterocycles. The lowest BCUT2D eigenvalue weighted by Crippen LogP contribution is -2.20. The summed E-state index contributed by atoms with van der Waals surface area (Å²) < 4.78 is 23.8. The van der Waals surface area contributed by atoms with Gasteiger partial charge in [-0.2, -0.15) is 0 Å². The van der Waals surface area contributed by atoms with Crippen molar-refractivity contribution in [1.82, 2.24) is 4.90 Å². The van der Waals surface area contributed by atoms with Gasteiger partial charge >= 0.3 is 0 Å². The van der Waals surface area contributed by atoms with Crippen LogP contribution in [-0.2, 0) is 9.84 Å². The summed E-state index contributed by atoms with van der Waals surface area (Å²) in [6.45, 7) is 5.16. The van der Waals surface area contributed by atoms with Crippen LogP contribution < -0.4 is 5.32 Å². The van der Waals surface area contributed by atoms with Gasteiger partial charge in [-0.3, -0.25) is 0 Å². The molecule has 0 spiro atoms. The summed E-state index contributed by atoms with van der Waals surface area (Å²) >= 11 is 0. The smallest absolute Gasteiger partial charge is 0.180 e. The van der Waals surface area contributed by atoms with Gasteiger partial charge in [-0.25, -0.2) is 8.42 Å². The Morgan fingerprint density at radius 3 is 2.17 bits per heavy atom. The molecule has 0 aliphatic carbocycles. The third kappa shape index (κ3) is 3.99. The van der Waals surface area contributed by atoms with Crippen molar-refractivity contribution in [2.45, 2.75) is 24.0 Å². The van der Waals surface area contributed by atoms with Gasteiger partial charge in [-0.05, 0) is 52.2 Å². The lowest BCUT2D eigenvalue weighted by atomic mass is 10.3. The first kappa shape index (κ1) is 15.0. The molecule has 5 heteroatoms. The van der Waals surface area contributed by atoms with Crippen molar-refractivity contribution < 1.29 is 8.42 Å². The second-order valence-electron chi connectivity index (χ2n) is 4.85. The highest BCUT2D eigenvalue weighted by molar-refractivity contribution is 7.92. The zero-order valence-electron chi connectivity index (χ0n) is 11.5. The van der Waals surface area contributed by atoms with E-state index in [2.05, 4.69) is 10.2 Å². The summed E-state index contributed by atoms with van der Waals surface area (Å²) in [5, 5.41) is 2.86. The molecular weight excluding hydrogens is 248 g/mol. The van der Waals surface area contributed by atoms with Crippen molar-refractivity contribution in [1.29, 1.82) is 0 Å². The first-order chi connectivity index (χ1) is 8.34. The Kier molecular flexibility index (Phi) is 5.16. The summed E-state index contributed by atoms with van der Waals surface area (Å²) in [6, 6.07) is 6.94. The molecule has 0 fully saturated rings. The second kappa shape index (κ2) is 6.20. The van der Waals surface area contributed by atoms with Gasteiger partial charge in [0.2, 0.25) is 0 Å². The average molecular weight is 270 g/mol. The number of likely N-dealkylation sites (N-methyl/N-ethyl adjacent to an activating group) is 1. The molecule has 0 aliphatic heterocycles. The molecule has 0 saturated carbocycles. The summed E-state index contributed by atoms with van der Waals surface area (Å²) in [6.07, 6.45) is 0. The minimum atomic E-state index is -3.16. The van der Waals surface area contributed by atoms with Gasteiger partial charge in [0.05, 0.1) is 10.1 Å². The lowest BCUT2D eigenvalue weighted by molar-refractivity contribution is 0.425. The first-order valence-electron chi connectivity index (χ1n) is 6.06. The van der Waals surface area contributed by atoms with E-state index >= 15 is 0 Å². The number of anilines is 1. The molecule has 102 valence electrons. The van der Waals surface area contributed by atoms with Crippen molar-refractivity contribution in [3.05, 3.63) is 24.3 Å². The van der Waals surface area contributed by atoms with Crippen molar-refractivity contribution in [2.75, 3.05) is 32.5 Å². The average Bonchev–Trinajstić information content (AvgIpc) is 2.29. The van der Waals surface area contributed by atoms with Crippen LogP contribution >= 0.6 is 0 Å². The predicted molar refractivity (Wildman–Crippen MR) is 75.8 cm³/mol. The molecule has 1 rings (SSSR count). The Morgan fingerprint density at radius 2 is 1.72 bits per heavy atom. The maximum absolute atomic E-state index is 11.9. The van der Waals surface area contributed by atoms with Gasteiger partial charge in [-0.1, -0.05) is 0 Å². The maximum atomic E-state index is 11.9. The predicted octanol–water partition coefficient (Wildman–Crippen LogP) is 1.84. The van der Waals surface area contributed by atoms with E-state index in [0.717, 1.165) is 18.8 Å². The standard InChI is InChI=1S/C13H22N2O2S/c1-11(2)18(16,17)13-7-5-12(6-8-13)14-9-10-15(3)4/h5-8,11,14H,9-10H2,1-4H3. The molecule has 4 nitrogen and oxygen atoms in total. The van der Waals surface area contributed by atoms with E-state index < -0.39 is 9.84 Å². The van der Waals surface area contributed by atoms with Crippen molar-refractivity contribution in [3.8, 4) is 0 Å². The number of nitrogens with one attached hydrogen (secondary N) is 1. The number of nitrogens with zero attached hydrogens (tertiary/aromatic N) is 1. The van der Waals surface area contributed by atoms with E-state index in [-0.39, 0.29) is 5.25 Å². The quantitative estimate of drug-likeness (QED) is 0.857. The molecule has 0 unspecified atom stereocenters. The maximum Gasteiger partial charge on any atom is 0.180 e. The number of rotatable bonds is 6. The first-order valence-corrected chi connectivity index (χ1v) is 7.61. The Hall–Kier alpha value is -1.07. The fourth-order valence-electron chi connectivity index (χ4n) is 1.46. The van der Waals surface area contributed by atoms with Gasteiger partial charge in [0.1, 0.15) is 0 Å². The molecule has 0 atom stereocenters. The molecule has 1 N–H and O–H groups in total. The number of benzene rings is 1. The summed E-state index contributed by atoms with van der Waals surface area (Å²) in [7, 11) is 0.864. The minimum absolute atomic E-state index is 0.384. The molecule has 1 aromatic rings. The van der Waals surface area contributed by atoms with E-state index in [1.165, 1.54) is 0 Å². The summed E-state index contributed by atoms with van der Waals surface area (Å²) in [5.41, 5.74) is 0.944. The molecule has 18 heavy (non-hydrogen) atoms. The van der Waals surface area contributed by atoms with Crippen LogP contribution in [0.3, 0.4) is 0 Å². The Morgan fingerprint density at radius 1 is 1.17 bits per heavy atom. The van der Waals surface area contributed by atoms with Crippen LogP contribution in [0.25, 0.3) is 0 Å². The van der Waals surface area contributed by atoms with Gasteiger partial charge in [0, 0.05) is 18.8 Å². The van der Waals surface area contributed by atoms with E-state index in [1.54, 1.807) is 26.0 Å². The fraction of sp³-hybridized carbons (Fsp3) is 0.538. The summed E-state index contributed by atoms with van der Waals surface area (Å²) in [5.74, 6) is 0. The van der Waals surface area contributed by atoms with Crippen LogP contribution in [0.5, 0.6) is 0 Å². The highest BCUT2D eigenvalue weighted by atomic mass is 32.2. The van der Waals surface area contributed by atoms with Crippen molar-refractivity contribution >= 4 is 15.5 Å². The van der Waals surface area contributed by atoms with Crippen LogP contribution in [0.2, 0.25) is 0 Å². The Balaban J connectivity index is 2.69. The van der Waals surface area contributed by atoms with Crippen LogP contribution in [-0.4, -0.2) is 45.8 Å². The van der Waals surface area contributed by atoms with E-state index in [1.807, 2.05) is 26.2 Å². The molecule has 0 bridgehead atoms. The Bertz CT molecular complexity index is 464. The highest BCUT2D eigenvalue weighted by Gasteiger charge is 2.18. The fourth-order valence-corrected chi connectivity index (χ4v) is 2.52. The van der Waals surface area contributed by atoms with Gasteiger partial charge in [0.15, 0.2) is 9.84 Å². The van der Waals surface area contributed by atoms with Crippen molar-refractivity contribution in [3.63, 3.8) is 0 Å². The monoisotopic (exact) mass is 270 g/mol. The van der Waals surface area contributed by atoms with E-state index in [9.17, 15) is 8.42 Å². The second-order valence-corrected chi connectivity index (χ2v) is 7.35. The Labute approximate surface area is 110 Å². The third-order valence-corrected chi connectivity index (χ3v) is 4.86. The van der Waals surface area contributed by atoms with Crippen molar-refractivity contribution in [2.24, 2.45) is 0 Å². The molecule has 0 amide bonds. The van der Waals surface area contributed by atoms with Gasteiger partial charge in [0.25, 0.3) is 0 Å². The van der Waals surface area contributed by atoms with Crippen LogP contribution in [0, 0.1) is 0 Å². The van der Waals surface area contributed by atoms with Gasteiger partial charge < -0.3 is 10.2 Å². The topological polar surface area (TPSA) is 49.4 Å². The third-order valence-electron chi connectivity index (χ3n) is 2.69. The summed E-state index contributed by atoms with van der Waals surface area (Å²) in [4.78, 5) is 2.47. The molecule has 0 aliphatic rings. The van der Waals surface area contributed by atoms with Crippen LogP contribution in [0.1, 0.15) is 13.8 Å². The number of hydrogen-bond donors (Lipinski definition) is 1. The normalized spacial score (nSPS) is 12.1.